The number of hydrogen-bond acceptors (Lipinski definition) is 4. The molecule has 0 radical (unpaired) electrons. The van der Waals surface area contributed by atoms with E-state index < -0.39 is 0 Å². The Morgan fingerprint density at radius 1 is 0.968 bits per heavy atom. The standard InChI is InChI=1S/C26H28N2O2S/c1-17-7-11-22(12-8-17)30-14-6-5-13-28-16-27-25-24(26(28)29)23(20(4)31-25)21-10-9-18(2)19(3)15-21/h7-12,15-16H,5-6,13-14H2,1-4H3. The van der Waals surface area contributed by atoms with Gasteiger partial charge in [-0.1, -0.05) is 35.9 Å². The van der Waals surface area contributed by atoms with Crippen LogP contribution < -0.4 is 10.3 Å². The molecule has 5 heteroatoms. The smallest absolute Gasteiger partial charge is 0.262 e. The third kappa shape index (κ3) is 4.57. The summed E-state index contributed by atoms with van der Waals surface area (Å²) in [5.74, 6) is 0.887. The van der Waals surface area contributed by atoms with Crippen LogP contribution in [0.2, 0.25) is 0 Å². The van der Waals surface area contributed by atoms with E-state index in [0.29, 0.717) is 13.2 Å². The summed E-state index contributed by atoms with van der Waals surface area (Å²) in [6, 6.07) is 14.5. The molecule has 0 aliphatic heterocycles. The van der Waals surface area contributed by atoms with Crippen molar-refractivity contribution in [1.29, 1.82) is 0 Å². The second-order valence-electron chi connectivity index (χ2n) is 8.12. The van der Waals surface area contributed by atoms with Crippen LogP contribution in [0.1, 0.15) is 34.4 Å². The van der Waals surface area contributed by atoms with Crippen LogP contribution in [-0.2, 0) is 6.54 Å². The van der Waals surface area contributed by atoms with Crippen LogP contribution >= 0.6 is 11.3 Å². The van der Waals surface area contributed by atoms with Crippen molar-refractivity contribution in [2.24, 2.45) is 0 Å². The van der Waals surface area contributed by atoms with E-state index in [1.165, 1.54) is 16.7 Å². The molecular weight excluding hydrogens is 404 g/mol. The highest BCUT2D eigenvalue weighted by atomic mass is 32.1. The molecule has 4 rings (SSSR count). The van der Waals surface area contributed by atoms with Gasteiger partial charge in [0.25, 0.3) is 5.56 Å². The molecule has 0 unspecified atom stereocenters. The van der Waals surface area contributed by atoms with E-state index >= 15 is 0 Å². The highest BCUT2D eigenvalue weighted by Crippen LogP contribution is 2.36. The fourth-order valence-corrected chi connectivity index (χ4v) is 4.75. The topological polar surface area (TPSA) is 44.1 Å². The minimum atomic E-state index is 0.0435. The first-order chi connectivity index (χ1) is 14.9. The van der Waals surface area contributed by atoms with E-state index in [1.54, 1.807) is 22.2 Å². The second-order valence-corrected chi connectivity index (χ2v) is 9.33. The molecule has 4 nitrogen and oxygen atoms in total. The fourth-order valence-electron chi connectivity index (χ4n) is 3.75. The molecule has 0 fully saturated rings. The fraction of sp³-hybridized carbons (Fsp3) is 0.308. The van der Waals surface area contributed by atoms with Crippen molar-refractivity contribution in [2.45, 2.75) is 47.1 Å². The number of hydrogen-bond donors (Lipinski definition) is 0. The molecule has 0 atom stereocenters. The Morgan fingerprint density at radius 3 is 2.48 bits per heavy atom. The van der Waals surface area contributed by atoms with Crippen LogP contribution in [0.25, 0.3) is 21.3 Å². The highest BCUT2D eigenvalue weighted by molar-refractivity contribution is 7.19. The van der Waals surface area contributed by atoms with Gasteiger partial charge < -0.3 is 4.74 Å². The summed E-state index contributed by atoms with van der Waals surface area (Å²) in [6.45, 7) is 9.63. The van der Waals surface area contributed by atoms with Crippen LogP contribution in [0, 0.1) is 27.7 Å². The summed E-state index contributed by atoms with van der Waals surface area (Å²) < 4.78 is 7.54. The molecule has 0 aliphatic rings. The predicted molar refractivity (Wildman–Crippen MR) is 129 cm³/mol. The second kappa shape index (κ2) is 9.06. The molecule has 0 amide bonds. The number of unbranched alkanes of at least 4 members (excludes halogenated alkanes) is 1. The summed E-state index contributed by atoms with van der Waals surface area (Å²) in [5.41, 5.74) is 5.87. The Labute approximate surface area is 187 Å². The van der Waals surface area contributed by atoms with Gasteiger partial charge in [0.05, 0.1) is 18.3 Å². The minimum absolute atomic E-state index is 0.0435. The van der Waals surface area contributed by atoms with Crippen molar-refractivity contribution in [3.63, 3.8) is 0 Å². The number of rotatable bonds is 7. The molecule has 0 bridgehead atoms. The number of benzene rings is 2. The lowest BCUT2D eigenvalue weighted by Gasteiger charge is -2.09. The zero-order valence-electron chi connectivity index (χ0n) is 18.6. The number of aryl methyl sites for hydroxylation is 5. The molecule has 0 saturated heterocycles. The van der Waals surface area contributed by atoms with Gasteiger partial charge in [0.2, 0.25) is 0 Å². The number of nitrogens with zero attached hydrogens (tertiary/aromatic N) is 2. The van der Waals surface area contributed by atoms with Crippen LogP contribution in [0.5, 0.6) is 5.75 Å². The highest BCUT2D eigenvalue weighted by Gasteiger charge is 2.17. The van der Waals surface area contributed by atoms with E-state index in [9.17, 15) is 4.79 Å². The lowest BCUT2D eigenvalue weighted by atomic mass is 9.99. The molecule has 2 aromatic heterocycles. The van der Waals surface area contributed by atoms with Gasteiger partial charge in [-0.25, -0.2) is 4.98 Å². The average Bonchev–Trinajstić information content (AvgIpc) is 3.09. The van der Waals surface area contributed by atoms with E-state index in [0.717, 1.165) is 44.8 Å². The molecule has 2 aromatic carbocycles. The van der Waals surface area contributed by atoms with Gasteiger partial charge in [-0.3, -0.25) is 9.36 Å². The first-order valence-electron chi connectivity index (χ1n) is 10.7. The van der Waals surface area contributed by atoms with E-state index in [2.05, 4.69) is 50.9 Å². The van der Waals surface area contributed by atoms with Crippen molar-refractivity contribution < 1.29 is 4.74 Å². The number of aromatic nitrogens is 2. The Kier molecular flexibility index (Phi) is 6.23. The summed E-state index contributed by atoms with van der Waals surface area (Å²) in [5, 5.41) is 0.740. The zero-order chi connectivity index (χ0) is 22.0. The van der Waals surface area contributed by atoms with E-state index in [-0.39, 0.29) is 5.56 Å². The van der Waals surface area contributed by atoms with Gasteiger partial charge in [-0.2, -0.15) is 0 Å². The Balaban J connectivity index is 1.50. The molecular formula is C26H28N2O2S. The summed E-state index contributed by atoms with van der Waals surface area (Å²) in [6.07, 6.45) is 3.43. The van der Waals surface area contributed by atoms with Crippen molar-refractivity contribution >= 4 is 21.6 Å². The Hall–Kier alpha value is -2.92. The van der Waals surface area contributed by atoms with E-state index in [4.69, 9.17) is 4.74 Å². The van der Waals surface area contributed by atoms with Gasteiger partial charge in [0.15, 0.2) is 0 Å². The zero-order valence-corrected chi connectivity index (χ0v) is 19.4. The molecule has 0 spiro atoms. The number of ether oxygens (including phenoxy) is 1. The lowest BCUT2D eigenvalue weighted by molar-refractivity contribution is 0.303. The maximum Gasteiger partial charge on any atom is 0.262 e. The average molecular weight is 433 g/mol. The third-order valence-electron chi connectivity index (χ3n) is 5.73. The van der Waals surface area contributed by atoms with Crippen molar-refractivity contribution in [2.75, 3.05) is 6.61 Å². The SMILES string of the molecule is Cc1ccc(OCCCCn2cnc3sc(C)c(-c4ccc(C)c(C)c4)c3c2=O)cc1. The maximum absolute atomic E-state index is 13.3. The summed E-state index contributed by atoms with van der Waals surface area (Å²) in [7, 11) is 0. The number of thiophene rings is 1. The van der Waals surface area contributed by atoms with Crippen LogP contribution in [0.15, 0.2) is 53.6 Å². The van der Waals surface area contributed by atoms with Crippen molar-refractivity contribution in [3.8, 4) is 16.9 Å². The van der Waals surface area contributed by atoms with Crippen LogP contribution in [-0.4, -0.2) is 16.2 Å². The van der Waals surface area contributed by atoms with Gasteiger partial charge in [-0.05, 0) is 69.4 Å². The number of fused-ring (bicyclic) bond motifs is 1. The van der Waals surface area contributed by atoms with Gasteiger partial charge in [0.1, 0.15) is 10.6 Å². The molecule has 31 heavy (non-hydrogen) atoms. The molecule has 0 aliphatic carbocycles. The molecule has 160 valence electrons. The van der Waals surface area contributed by atoms with Crippen LogP contribution in [0.4, 0.5) is 0 Å². The monoisotopic (exact) mass is 432 g/mol. The minimum Gasteiger partial charge on any atom is -0.494 e. The maximum atomic E-state index is 13.3. The Morgan fingerprint density at radius 2 is 1.74 bits per heavy atom. The summed E-state index contributed by atoms with van der Waals surface area (Å²) in [4.78, 5) is 19.8. The molecule has 0 saturated carbocycles. The van der Waals surface area contributed by atoms with Gasteiger partial charge in [-0.15, -0.1) is 11.3 Å². The summed E-state index contributed by atoms with van der Waals surface area (Å²) >= 11 is 1.59. The molecule has 0 N–H and O–H groups in total. The quantitative estimate of drug-likeness (QED) is 0.326. The van der Waals surface area contributed by atoms with E-state index in [1.807, 2.05) is 24.3 Å². The van der Waals surface area contributed by atoms with Crippen molar-refractivity contribution in [3.05, 3.63) is 80.7 Å². The van der Waals surface area contributed by atoms with Gasteiger partial charge in [0, 0.05) is 17.0 Å². The predicted octanol–water partition coefficient (Wildman–Crippen LogP) is 6.22. The Bertz CT molecular complexity index is 1270. The largest absolute Gasteiger partial charge is 0.494 e. The van der Waals surface area contributed by atoms with Gasteiger partial charge >= 0.3 is 0 Å². The molecule has 2 heterocycles. The lowest BCUT2D eigenvalue weighted by Crippen LogP contribution is -2.20. The third-order valence-corrected chi connectivity index (χ3v) is 6.75. The first kappa shape index (κ1) is 21.3. The van der Waals surface area contributed by atoms with Crippen LogP contribution in [0.3, 0.4) is 0 Å². The first-order valence-corrected chi connectivity index (χ1v) is 11.5. The normalized spacial score (nSPS) is 11.2. The molecule has 4 aromatic rings. The van der Waals surface area contributed by atoms with Crippen molar-refractivity contribution in [1.82, 2.24) is 9.55 Å².